The molecule has 0 saturated carbocycles. The molecule has 0 saturated heterocycles. The van der Waals surface area contributed by atoms with E-state index in [1.165, 1.54) is 43.4 Å². The summed E-state index contributed by atoms with van der Waals surface area (Å²) in [5.41, 5.74) is 9.27. The normalized spacial score (nSPS) is 11.8. The van der Waals surface area contributed by atoms with Gasteiger partial charge in [0, 0.05) is 27.5 Å². The molecule has 0 N–H and O–H groups in total. The van der Waals surface area contributed by atoms with E-state index in [0.717, 1.165) is 55.8 Å². The Balaban J connectivity index is 1.38. The highest BCUT2D eigenvalue weighted by Crippen LogP contribution is 2.44. The van der Waals surface area contributed by atoms with Crippen molar-refractivity contribution in [3.8, 4) is 33.9 Å². The molecule has 0 spiro atoms. The van der Waals surface area contributed by atoms with Crippen molar-refractivity contribution in [2.45, 2.75) is 13.8 Å². The van der Waals surface area contributed by atoms with Gasteiger partial charge in [0.05, 0.1) is 11.4 Å². The smallest absolute Gasteiger partial charge is 0.160 e. The van der Waals surface area contributed by atoms with Crippen molar-refractivity contribution in [3.05, 3.63) is 145 Å². The third kappa shape index (κ3) is 3.98. The second-order valence-corrected chi connectivity index (χ2v) is 11.8. The van der Waals surface area contributed by atoms with Crippen molar-refractivity contribution in [2.75, 3.05) is 0 Å². The van der Waals surface area contributed by atoms with Gasteiger partial charge in [-0.2, -0.15) is 0 Å². The molecule has 0 aliphatic heterocycles. The van der Waals surface area contributed by atoms with Crippen LogP contribution >= 0.6 is 0 Å². The quantitative estimate of drug-likeness (QED) is 0.196. The monoisotopic (exact) mass is 576 g/mol. The first-order valence-electron chi connectivity index (χ1n) is 15.3. The molecule has 0 atom stereocenters. The second-order valence-electron chi connectivity index (χ2n) is 11.8. The standard InChI is InChI=1S/C42H28N2O/c1-25-21-35-33-23-39-34(30-18-11-12-20-38(30)45-39)22-32(33)29-17-9-10-19-31(29)41(35)26(2)40(25)37-24-36(27-13-5-3-6-14-27)43-42(44-37)28-15-7-4-8-16-28/h3-24H,1-2H3. The molecule has 0 aliphatic rings. The number of hydrogen-bond donors (Lipinski definition) is 0. The van der Waals surface area contributed by atoms with Gasteiger partial charge in [-0.1, -0.05) is 109 Å². The summed E-state index contributed by atoms with van der Waals surface area (Å²) in [7, 11) is 0. The zero-order valence-corrected chi connectivity index (χ0v) is 25.0. The van der Waals surface area contributed by atoms with Gasteiger partial charge in [0.15, 0.2) is 5.82 Å². The Kier molecular flexibility index (Phi) is 5.63. The van der Waals surface area contributed by atoms with E-state index in [-0.39, 0.29) is 0 Å². The van der Waals surface area contributed by atoms with Crippen LogP contribution in [0.25, 0.3) is 88.2 Å². The van der Waals surface area contributed by atoms with Gasteiger partial charge in [-0.25, -0.2) is 9.97 Å². The summed E-state index contributed by atoms with van der Waals surface area (Å²) in [5.74, 6) is 0.724. The van der Waals surface area contributed by atoms with Gasteiger partial charge >= 0.3 is 0 Å². The van der Waals surface area contributed by atoms with E-state index in [2.05, 4.69) is 111 Å². The maximum absolute atomic E-state index is 6.37. The van der Waals surface area contributed by atoms with Crippen molar-refractivity contribution in [1.82, 2.24) is 9.97 Å². The lowest BCUT2D eigenvalue weighted by molar-refractivity contribution is 0.669. The third-order valence-electron chi connectivity index (χ3n) is 9.15. The topological polar surface area (TPSA) is 38.9 Å². The van der Waals surface area contributed by atoms with Crippen molar-refractivity contribution in [2.24, 2.45) is 0 Å². The third-order valence-corrected chi connectivity index (χ3v) is 9.15. The summed E-state index contributed by atoms with van der Waals surface area (Å²) in [6, 6.07) is 46.8. The summed E-state index contributed by atoms with van der Waals surface area (Å²) in [6.45, 7) is 4.45. The van der Waals surface area contributed by atoms with E-state index >= 15 is 0 Å². The molecular formula is C42H28N2O. The average Bonchev–Trinajstić information content (AvgIpc) is 3.46. The van der Waals surface area contributed by atoms with Crippen LogP contribution in [-0.2, 0) is 0 Å². The van der Waals surface area contributed by atoms with Crippen LogP contribution in [0.15, 0.2) is 138 Å². The Labute approximate surface area is 260 Å². The molecule has 0 aliphatic carbocycles. The molecule has 3 nitrogen and oxygen atoms in total. The number of rotatable bonds is 3. The highest BCUT2D eigenvalue weighted by Gasteiger charge is 2.20. The summed E-state index contributed by atoms with van der Waals surface area (Å²) < 4.78 is 6.37. The Morgan fingerprint density at radius 1 is 0.444 bits per heavy atom. The number of hydrogen-bond acceptors (Lipinski definition) is 3. The maximum atomic E-state index is 6.37. The minimum Gasteiger partial charge on any atom is -0.456 e. The predicted molar refractivity (Wildman–Crippen MR) is 188 cm³/mol. The van der Waals surface area contributed by atoms with E-state index in [4.69, 9.17) is 14.4 Å². The van der Waals surface area contributed by atoms with Crippen LogP contribution in [0.2, 0.25) is 0 Å². The van der Waals surface area contributed by atoms with E-state index in [9.17, 15) is 0 Å². The predicted octanol–water partition coefficient (Wildman–Crippen LogP) is 11.5. The largest absolute Gasteiger partial charge is 0.456 e. The van der Waals surface area contributed by atoms with Crippen LogP contribution in [0, 0.1) is 13.8 Å². The van der Waals surface area contributed by atoms with E-state index in [1.54, 1.807) is 0 Å². The minimum absolute atomic E-state index is 0.724. The number of aryl methyl sites for hydroxylation is 2. The number of para-hydroxylation sites is 1. The van der Waals surface area contributed by atoms with Crippen molar-refractivity contribution < 1.29 is 4.42 Å². The first-order valence-corrected chi connectivity index (χ1v) is 15.3. The molecular weight excluding hydrogens is 548 g/mol. The van der Waals surface area contributed by atoms with E-state index in [1.807, 2.05) is 36.4 Å². The molecule has 3 heteroatoms. The molecule has 9 rings (SSSR count). The van der Waals surface area contributed by atoms with Gasteiger partial charge in [-0.3, -0.25) is 0 Å². The summed E-state index contributed by atoms with van der Waals surface area (Å²) >= 11 is 0. The van der Waals surface area contributed by atoms with Gasteiger partial charge in [-0.15, -0.1) is 0 Å². The first-order chi connectivity index (χ1) is 22.1. The Morgan fingerprint density at radius 2 is 1.07 bits per heavy atom. The van der Waals surface area contributed by atoms with Gasteiger partial charge in [0.2, 0.25) is 0 Å². The molecule has 2 heterocycles. The Bertz CT molecular complexity index is 2540. The molecule has 0 fully saturated rings. The van der Waals surface area contributed by atoms with E-state index < -0.39 is 0 Å². The fourth-order valence-corrected chi connectivity index (χ4v) is 7.14. The molecule has 2 aromatic heterocycles. The molecule has 0 bridgehead atoms. The van der Waals surface area contributed by atoms with Gasteiger partial charge in [0.25, 0.3) is 0 Å². The molecule has 212 valence electrons. The minimum atomic E-state index is 0.724. The number of fused-ring (bicyclic) bond motifs is 9. The van der Waals surface area contributed by atoms with Crippen molar-refractivity contribution in [1.29, 1.82) is 0 Å². The zero-order chi connectivity index (χ0) is 30.1. The number of furan rings is 1. The zero-order valence-electron chi connectivity index (χ0n) is 25.0. The maximum Gasteiger partial charge on any atom is 0.160 e. The SMILES string of the molecule is Cc1cc2c3cc4oc5ccccc5c4cc3c3ccccc3c2c(C)c1-c1cc(-c2ccccc2)nc(-c2ccccc2)n1. The molecule has 45 heavy (non-hydrogen) atoms. The molecule has 0 unspecified atom stereocenters. The number of benzene rings is 7. The summed E-state index contributed by atoms with van der Waals surface area (Å²) in [5, 5.41) is 9.69. The van der Waals surface area contributed by atoms with Crippen LogP contribution < -0.4 is 0 Å². The molecule has 0 amide bonds. The van der Waals surface area contributed by atoms with Crippen molar-refractivity contribution in [3.63, 3.8) is 0 Å². The lowest BCUT2D eigenvalue weighted by atomic mass is 9.86. The Morgan fingerprint density at radius 3 is 1.84 bits per heavy atom. The lowest BCUT2D eigenvalue weighted by Crippen LogP contribution is -1.99. The van der Waals surface area contributed by atoms with Gasteiger partial charge in [-0.05, 0) is 81.6 Å². The Hall–Kier alpha value is -5.80. The van der Waals surface area contributed by atoms with Crippen LogP contribution in [0.3, 0.4) is 0 Å². The second kappa shape index (κ2) is 9.87. The summed E-state index contributed by atoms with van der Waals surface area (Å²) in [4.78, 5) is 10.2. The van der Waals surface area contributed by atoms with Crippen LogP contribution in [0.1, 0.15) is 11.1 Å². The number of aromatic nitrogens is 2. The highest BCUT2D eigenvalue weighted by atomic mass is 16.3. The fourth-order valence-electron chi connectivity index (χ4n) is 7.14. The van der Waals surface area contributed by atoms with Gasteiger partial charge in [0.1, 0.15) is 11.2 Å². The molecule has 9 aromatic rings. The van der Waals surface area contributed by atoms with Gasteiger partial charge < -0.3 is 4.42 Å². The van der Waals surface area contributed by atoms with E-state index in [0.29, 0.717) is 0 Å². The fraction of sp³-hybridized carbons (Fsp3) is 0.0476. The summed E-state index contributed by atoms with van der Waals surface area (Å²) in [6.07, 6.45) is 0. The lowest BCUT2D eigenvalue weighted by Gasteiger charge is -2.18. The molecule has 7 aromatic carbocycles. The van der Waals surface area contributed by atoms with Crippen molar-refractivity contribution >= 4 is 54.3 Å². The number of nitrogens with zero attached hydrogens (tertiary/aromatic N) is 2. The molecule has 0 radical (unpaired) electrons. The first kappa shape index (κ1) is 25.7. The van der Waals surface area contributed by atoms with Crippen LogP contribution in [-0.4, -0.2) is 9.97 Å². The average molecular weight is 577 g/mol. The van der Waals surface area contributed by atoms with Crippen LogP contribution in [0.4, 0.5) is 0 Å². The van der Waals surface area contributed by atoms with Crippen LogP contribution in [0.5, 0.6) is 0 Å². The highest BCUT2D eigenvalue weighted by molar-refractivity contribution is 6.29.